The lowest BCUT2D eigenvalue weighted by Gasteiger charge is -2.50. The van der Waals surface area contributed by atoms with E-state index in [1.807, 2.05) is 48.5 Å². The molecule has 0 saturated carbocycles. The van der Waals surface area contributed by atoms with Crippen LogP contribution in [0.1, 0.15) is 54.8 Å². The summed E-state index contributed by atoms with van der Waals surface area (Å²) in [5.74, 6) is -16.3. The second-order valence-electron chi connectivity index (χ2n) is 10.9. The highest BCUT2D eigenvalue weighted by Crippen LogP contribution is 2.58. The van der Waals surface area contributed by atoms with Crippen LogP contribution in [0.15, 0.2) is 65.6 Å². The number of fused-ring (bicyclic) bond motifs is 1. The summed E-state index contributed by atoms with van der Waals surface area (Å²) in [6, 6.07) is 17.4. The quantitative estimate of drug-likeness (QED) is 0.0516. The third kappa shape index (κ3) is 5.82. The van der Waals surface area contributed by atoms with Crippen molar-refractivity contribution in [3.05, 3.63) is 130 Å². The smallest absolute Gasteiger partial charge is 0.344 e. The standard InChI is InChI=1S/C32H19F5I2O7S/c33-25-24(26(34)28(36)29(37)27(25)35)32(41)46-12-19-18(11-45-31(40)13-9-20(38)30(21(39)10-13)47(42,43)44)22-14-5-1-3-7-16(14)23(19)17-8-4-2-6-15(17)22/h1-10,18-19,22-23H,11-12H2,(H,42,43,44). The van der Waals surface area contributed by atoms with Crippen LogP contribution in [0.2, 0.25) is 0 Å². The summed E-state index contributed by atoms with van der Waals surface area (Å²) in [6.07, 6.45) is 0. The average molecular weight is 896 g/mol. The van der Waals surface area contributed by atoms with Crippen LogP contribution in [0.5, 0.6) is 0 Å². The minimum absolute atomic E-state index is 0.00209. The van der Waals surface area contributed by atoms with E-state index in [1.165, 1.54) is 12.1 Å². The van der Waals surface area contributed by atoms with Gasteiger partial charge in [-0.25, -0.2) is 31.5 Å². The Morgan fingerprint density at radius 1 is 0.660 bits per heavy atom. The van der Waals surface area contributed by atoms with E-state index in [0.29, 0.717) is 0 Å². The Hall–Kier alpha value is -3.16. The lowest BCUT2D eigenvalue weighted by molar-refractivity contribution is 0.0110. The van der Waals surface area contributed by atoms with Gasteiger partial charge in [0.05, 0.1) is 18.8 Å². The minimum Gasteiger partial charge on any atom is -0.462 e. The maximum atomic E-state index is 14.4. The summed E-state index contributed by atoms with van der Waals surface area (Å²) in [7, 11) is -4.57. The molecule has 2 bridgehead atoms. The van der Waals surface area contributed by atoms with Crippen molar-refractivity contribution in [2.45, 2.75) is 16.7 Å². The number of hydrogen-bond donors (Lipinski definition) is 1. The molecule has 7 rings (SSSR count). The number of benzene rings is 4. The number of carbonyl (C=O) groups excluding carboxylic acids is 2. The fourth-order valence-corrected chi connectivity index (χ4v) is 10.6. The lowest BCUT2D eigenvalue weighted by Crippen LogP contribution is -2.44. The van der Waals surface area contributed by atoms with Crippen molar-refractivity contribution in [1.29, 1.82) is 0 Å². The summed E-state index contributed by atoms with van der Waals surface area (Å²) in [5.41, 5.74) is 1.87. The fourth-order valence-electron chi connectivity index (χ4n) is 6.55. The molecule has 0 radical (unpaired) electrons. The minimum atomic E-state index is -4.57. The van der Waals surface area contributed by atoms with Crippen molar-refractivity contribution < 1.29 is 54.0 Å². The van der Waals surface area contributed by atoms with E-state index in [4.69, 9.17) is 9.47 Å². The van der Waals surface area contributed by atoms with Gasteiger partial charge in [0.15, 0.2) is 23.3 Å². The van der Waals surface area contributed by atoms with Crippen LogP contribution in [0.25, 0.3) is 0 Å². The van der Waals surface area contributed by atoms with E-state index in [9.17, 15) is 44.5 Å². The zero-order valence-corrected chi connectivity index (χ0v) is 28.6. The molecule has 3 aliphatic carbocycles. The van der Waals surface area contributed by atoms with Crippen molar-refractivity contribution in [3.63, 3.8) is 0 Å². The fraction of sp³-hybridized carbons (Fsp3) is 0.188. The second kappa shape index (κ2) is 12.7. The summed E-state index contributed by atoms with van der Waals surface area (Å²) in [6.45, 7) is -0.774. The summed E-state index contributed by atoms with van der Waals surface area (Å²) in [4.78, 5) is 25.8. The number of rotatable bonds is 7. The third-order valence-electron chi connectivity index (χ3n) is 8.46. The van der Waals surface area contributed by atoms with Crippen LogP contribution in [0.4, 0.5) is 22.0 Å². The van der Waals surface area contributed by atoms with Gasteiger partial charge in [0.1, 0.15) is 10.5 Å². The molecule has 0 spiro atoms. The molecule has 0 aliphatic heterocycles. The Kier molecular flexibility index (Phi) is 9.12. The zero-order valence-electron chi connectivity index (χ0n) is 23.4. The third-order valence-corrected chi connectivity index (χ3v) is 11.8. The van der Waals surface area contributed by atoms with E-state index in [0.717, 1.165) is 22.3 Å². The summed E-state index contributed by atoms with van der Waals surface area (Å²) >= 11 is 3.34. The molecule has 47 heavy (non-hydrogen) atoms. The highest BCUT2D eigenvalue weighted by molar-refractivity contribution is 14.1. The van der Waals surface area contributed by atoms with Crippen LogP contribution in [-0.4, -0.2) is 38.1 Å². The normalized spacial score (nSPS) is 19.6. The van der Waals surface area contributed by atoms with Gasteiger partial charge < -0.3 is 9.47 Å². The van der Waals surface area contributed by atoms with Gasteiger partial charge in [-0.1, -0.05) is 48.5 Å². The van der Waals surface area contributed by atoms with Gasteiger partial charge in [0, 0.05) is 30.8 Å². The molecule has 0 heterocycles. The molecule has 3 aliphatic rings. The first-order valence-electron chi connectivity index (χ1n) is 13.7. The Morgan fingerprint density at radius 3 is 1.40 bits per heavy atom. The Bertz CT molecular complexity index is 1990. The van der Waals surface area contributed by atoms with Crippen LogP contribution in [0, 0.1) is 48.1 Å². The number of esters is 2. The molecule has 2 unspecified atom stereocenters. The van der Waals surface area contributed by atoms with Crippen molar-refractivity contribution in [3.8, 4) is 0 Å². The summed E-state index contributed by atoms with van der Waals surface area (Å²) < 4.78 is 114. The highest BCUT2D eigenvalue weighted by Gasteiger charge is 2.50. The SMILES string of the molecule is O=C(OCC1C2c3ccccc3C(c3ccccc32)C1COC(=O)c1c(F)c(F)c(F)c(F)c1F)c1cc(I)c(S(=O)(=O)O)c(I)c1. The molecule has 2 atom stereocenters. The largest absolute Gasteiger partial charge is 0.462 e. The zero-order chi connectivity index (χ0) is 33.9. The molecule has 0 aromatic heterocycles. The molecule has 0 saturated heterocycles. The number of hydrogen-bond acceptors (Lipinski definition) is 6. The van der Waals surface area contributed by atoms with E-state index in [2.05, 4.69) is 0 Å². The first kappa shape index (κ1) is 33.7. The van der Waals surface area contributed by atoms with Crippen LogP contribution in [0.3, 0.4) is 0 Å². The first-order chi connectivity index (χ1) is 22.2. The van der Waals surface area contributed by atoms with Crippen molar-refractivity contribution in [1.82, 2.24) is 0 Å². The molecule has 1 N–H and O–H groups in total. The molecule has 4 aromatic rings. The second-order valence-corrected chi connectivity index (χ2v) is 14.6. The van der Waals surface area contributed by atoms with Gasteiger partial charge in [-0.05, 0) is 79.6 Å². The Balaban J connectivity index is 1.35. The number of carbonyl (C=O) groups is 2. The van der Waals surface area contributed by atoms with Gasteiger partial charge in [0.25, 0.3) is 10.1 Å². The predicted molar refractivity (Wildman–Crippen MR) is 172 cm³/mol. The number of halogens is 7. The van der Waals surface area contributed by atoms with Crippen LogP contribution in [-0.2, 0) is 19.6 Å². The van der Waals surface area contributed by atoms with Gasteiger partial charge in [0.2, 0.25) is 5.82 Å². The molecular weight excluding hydrogens is 877 g/mol. The molecule has 0 amide bonds. The Labute approximate surface area is 291 Å². The van der Waals surface area contributed by atoms with E-state index in [-0.39, 0.29) is 24.2 Å². The topological polar surface area (TPSA) is 107 Å². The van der Waals surface area contributed by atoms with Crippen molar-refractivity contribution in [2.75, 3.05) is 13.2 Å². The monoisotopic (exact) mass is 896 g/mol. The van der Waals surface area contributed by atoms with Gasteiger partial charge in [-0.3, -0.25) is 4.55 Å². The van der Waals surface area contributed by atoms with E-state index in [1.54, 1.807) is 45.2 Å². The van der Waals surface area contributed by atoms with Crippen LogP contribution >= 0.6 is 45.2 Å². The number of ether oxygens (including phenoxy) is 2. The molecule has 4 aromatic carbocycles. The predicted octanol–water partition coefficient (Wildman–Crippen LogP) is 7.38. The van der Waals surface area contributed by atoms with Crippen molar-refractivity contribution in [2.24, 2.45) is 11.8 Å². The molecule has 7 nitrogen and oxygen atoms in total. The Morgan fingerprint density at radius 2 is 1.02 bits per heavy atom. The highest BCUT2D eigenvalue weighted by atomic mass is 127. The maximum Gasteiger partial charge on any atom is 0.344 e. The van der Waals surface area contributed by atoms with E-state index < -0.39 is 87.0 Å². The average Bonchev–Trinajstić information content (AvgIpc) is 3.03. The molecular formula is C32H19F5I2O7S. The molecule has 15 heteroatoms. The first-order valence-corrected chi connectivity index (χ1v) is 17.3. The molecule has 0 fully saturated rings. The van der Waals surface area contributed by atoms with E-state index >= 15 is 0 Å². The summed E-state index contributed by atoms with van der Waals surface area (Å²) in [5, 5.41) is 0. The van der Waals surface area contributed by atoms with Gasteiger partial charge in [-0.15, -0.1) is 0 Å². The molecule has 244 valence electrons. The van der Waals surface area contributed by atoms with Gasteiger partial charge in [-0.2, -0.15) is 8.42 Å². The maximum absolute atomic E-state index is 14.4. The lowest BCUT2D eigenvalue weighted by atomic mass is 9.54. The van der Waals surface area contributed by atoms with Gasteiger partial charge >= 0.3 is 11.9 Å². The van der Waals surface area contributed by atoms with Crippen LogP contribution < -0.4 is 0 Å². The van der Waals surface area contributed by atoms with Crippen molar-refractivity contribution >= 4 is 67.2 Å².